The van der Waals surface area contributed by atoms with Gasteiger partial charge in [-0.2, -0.15) is 25.3 Å². The highest BCUT2D eigenvalue weighted by atomic mass is 32.1. The molecular weight excluding hydrogens is 484 g/mol. The van der Waals surface area contributed by atoms with Gasteiger partial charge in [0.15, 0.2) is 0 Å². The Morgan fingerprint density at radius 2 is 1.44 bits per heavy atom. The van der Waals surface area contributed by atoms with Gasteiger partial charge in [0.2, 0.25) is 35.4 Å². The van der Waals surface area contributed by atoms with Crippen molar-refractivity contribution in [2.24, 2.45) is 0 Å². The topological polar surface area (TPSA) is 166 Å². The maximum absolute atomic E-state index is 12.9. The van der Waals surface area contributed by atoms with Crippen LogP contribution in [0.4, 0.5) is 0 Å². The van der Waals surface area contributed by atoms with Crippen molar-refractivity contribution in [1.29, 1.82) is 0 Å². The Bertz CT molecular complexity index is 798. The van der Waals surface area contributed by atoms with Gasteiger partial charge in [0.1, 0.15) is 30.2 Å². The average molecular weight is 519 g/mol. The summed E-state index contributed by atoms with van der Waals surface area (Å²) in [6, 6.07) is -4.46. The molecule has 0 unspecified atom stereocenters. The van der Waals surface area contributed by atoms with Crippen LogP contribution >= 0.6 is 25.3 Å². The monoisotopic (exact) mass is 518 g/mol. The molecule has 34 heavy (non-hydrogen) atoms. The standard InChI is InChI=1S/C20H34N6O6S2/c1-10(16(28)25-13(8-33)17(29)21-4)22-19(31)15-6-5-7-26(15)20(32)11(2)23-18(30)14(9-34)24-12(3)27/h10-11,13-15,33-34H,5-9H2,1-4H3,(H,21,29)(H,22,31)(H,23,30)(H,24,27)(H,25,28)/t10-,11-,13+,14+,15+/m1/s1. The number of likely N-dealkylation sites (N-methyl/N-ethyl adjacent to an activating group) is 1. The van der Waals surface area contributed by atoms with Crippen LogP contribution in [0, 0.1) is 0 Å². The molecule has 0 aromatic carbocycles. The quantitative estimate of drug-likeness (QED) is 0.150. The molecule has 1 rings (SSSR count). The zero-order valence-electron chi connectivity index (χ0n) is 19.7. The SMILES string of the molecule is CNC(=O)[C@H](CS)NC(=O)[C@@H](C)NC(=O)[C@@H]1CCCN1C(=O)[C@@H](C)NC(=O)[C@H](CS)NC(C)=O. The molecule has 12 nitrogen and oxygen atoms in total. The largest absolute Gasteiger partial charge is 0.357 e. The summed E-state index contributed by atoms with van der Waals surface area (Å²) in [6.07, 6.45) is 0.976. The second-order valence-corrected chi connectivity index (χ2v) is 8.67. The minimum Gasteiger partial charge on any atom is -0.357 e. The number of likely N-dealkylation sites (tertiary alicyclic amines) is 1. The van der Waals surface area contributed by atoms with Crippen LogP contribution in [0.3, 0.4) is 0 Å². The third-order valence-corrected chi connectivity index (χ3v) is 5.99. The third kappa shape index (κ3) is 8.38. The number of rotatable bonds is 11. The number of carbonyl (C=O) groups excluding carboxylic acids is 6. The van der Waals surface area contributed by atoms with Gasteiger partial charge >= 0.3 is 0 Å². The molecule has 192 valence electrons. The van der Waals surface area contributed by atoms with E-state index in [9.17, 15) is 28.8 Å². The van der Waals surface area contributed by atoms with Gasteiger partial charge in [0, 0.05) is 32.0 Å². The highest BCUT2D eigenvalue weighted by Gasteiger charge is 2.37. The first kappa shape index (κ1) is 29.6. The van der Waals surface area contributed by atoms with Crippen LogP contribution in [0.25, 0.3) is 0 Å². The van der Waals surface area contributed by atoms with Crippen molar-refractivity contribution in [2.45, 2.75) is 63.8 Å². The summed E-state index contributed by atoms with van der Waals surface area (Å²) < 4.78 is 0. The maximum atomic E-state index is 12.9. The third-order valence-electron chi connectivity index (χ3n) is 5.26. The fourth-order valence-electron chi connectivity index (χ4n) is 3.41. The number of hydrogen-bond acceptors (Lipinski definition) is 8. The number of carbonyl (C=O) groups is 6. The lowest BCUT2D eigenvalue weighted by molar-refractivity contribution is -0.142. The molecule has 1 aliphatic heterocycles. The van der Waals surface area contributed by atoms with Crippen LogP contribution in [0.1, 0.15) is 33.6 Å². The van der Waals surface area contributed by atoms with E-state index in [0.29, 0.717) is 19.4 Å². The number of hydrogen-bond donors (Lipinski definition) is 7. The van der Waals surface area contributed by atoms with Crippen LogP contribution in [-0.2, 0) is 28.8 Å². The Hall–Kier alpha value is -2.48. The van der Waals surface area contributed by atoms with Crippen LogP contribution in [0.2, 0.25) is 0 Å². The molecule has 1 heterocycles. The zero-order valence-corrected chi connectivity index (χ0v) is 21.5. The van der Waals surface area contributed by atoms with Crippen LogP contribution in [0.5, 0.6) is 0 Å². The molecule has 5 N–H and O–H groups in total. The minimum absolute atomic E-state index is 0.0506. The fourth-order valence-corrected chi connectivity index (χ4v) is 3.92. The molecule has 0 bridgehead atoms. The maximum Gasteiger partial charge on any atom is 0.245 e. The second-order valence-electron chi connectivity index (χ2n) is 7.94. The van der Waals surface area contributed by atoms with E-state index in [4.69, 9.17) is 0 Å². The van der Waals surface area contributed by atoms with Gasteiger partial charge in [-0.1, -0.05) is 0 Å². The highest BCUT2D eigenvalue weighted by Crippen LogP contribution is 2.19. The smallest absolute Gasteiger partial charge is 0.245 e. The Morgan fingerprint density at radius 1 is 0.853 bits per heavy atom. The average Bonchev–Trinajstić information content (AvgIpc) is 3.29. The molecular formula is C20H34N6O6S2. The molecule has 0 aliphatic carbocycles. The Labute approximate surface area is 209 Å². The predicted molar refractivity (Wildman–Crippen MR) is 131 cm³/mol. The van der Waals surface area contributed by atoms with Crippen molar-refractivity contribution in [2.75, 3.05) is 25.1 Å². The minimum atomic E-state index is -0.956. The van der Waals surface area contributed by atoms with Gasteiger partial charge < -0.3 is 31.5 Å². The fraction of sp³-hybridized carbons (Fsp3) is 0.700. The van der Waals surface area contributed by atoms with Crippen molar-refractivity contribution >= 4 is 60.7 Å². The van der Waals surface area contributed by atoms with E-state index < -0.39 is 65.7 Å². The molecule has 5 atom stereocenters. The molecule has 0 spiro atoms. The van der Waals surface area contributed by atoms with E-state index in [1.165, 1.54) is 32.7 Å². The van der Waals surface area contributed by atoms with Gasteiger partial charge in [0.05, 0.1) is 0 Å². The van der Waals surface area contributed by atoms with E-state index in [-0.39, 0.29) is 11.5 Å². The summed E-state index contributed by atoms with van der Waals surface area (Å²) in [5.74, 6) is -2.79. The number of thiol groups is 2. The van der Waals surface area contributed by atoms with Gasteiger partial charge in [-0.05, 0) is 26.7 Å². The molecule has 0 radical (unpaired) electrons. The van der Waals surface area contributed by atoms with E-state index in [1.807, 2.05) is 0 Å². The van der Waals surface area contributed by atoms with Crippen LogP contribution < -0.4 is 26.6 Å². The van der Waals surface area contributed by atoms with Crippen molar-refractivity contribution in [1.82, 2.24) is 31.5 Å². The summed E-state index contributed by atoms with van der Waals surface area (Å²) >= 11 is 8.08. The van der Waals surface area contributed by atoms with Crippen LogP contribution in [0.15, 0.2) is 0 Å². The van der Waals surface area contributed by atoms with Crippen molar-refractivity contribution < 1.29 is 28.8 Å². The predicted octanol–water partition coefficient (Wildman–Crippen LogP) is -2.42. The first-order chi connectivity index (χ1) is 16.0. The number of amides is 6. The van der Waals surface area contributed by atoms with E-state index in [0.717, 1.165) is 0 Å². The number of nitrogens with zero attached hydrogens (tertiary/aromatic N) is 1. The second kappa shape index (κ2) is 14.0. The summed E-state index contributed by atoms with van der Waals surface area (Å²) in [7, 11) is 1.43. The highest BCUT2D eigenvalue weighted by molar-refractivity contribution is 7.80. The lowest BCUT2D eigenvalue weighted by atomic mass is 10.1. The normalized spacial score (nSPS) is 18.6. The van der Waals surface area contributed by atoms with Gasteiger partial charge in [-0.25, -0.2) is 0 Å². The molecule has 14 heteroatoms. The molecule has 1 fully saturated rings. The first-order valence-corrected chi connectivity index (χ1v) is 12.1. The van der Waals surface area contributed by atoms with Crippen molar-refractivity contribution in [3.8, 4) is 0 Å². The van der Waals surface area contributed by atoms with E-state index in [1.54, 1.807) is 0 Å². The molecule has 0 aromatic heterocycles. The van der Waals surface area contributed by atoms with Crippen molar-refractivity contribution in [3.63, 3.8) is 0 Å². The van der Waals surface area contributed by atoms with E-state index in [2.05, 4.69) is 51.8 Å². The summed E-state index contributed by atoms with van der Waals surface area (Å²) in [5, 5.41) is 12.5. The molecule has 1 aliphatic rings. The Balaban J connectivity index is 2.74. The summed E-state index contributed by atoms with van der Waals surface area (Å²) in [5.41, 5.74) is 0. The summed E-state index contributed by atoms with van der Waals surface area (Å²) in [6.45, 7) is 4.54. The van der Waals surface area contributed by atoms with Gasteiger partial charge in [0.25, 0.3) is 0 Å². The number of nitrogens with one attached hydrogen (secondary N) is 5. The van der Waals surface area contributed by atoms with Crippen molar-refractivity contribution in [3.05, 3.63) is 0 Å². The summed E-state index contributed by atoms with van der Waals surface area (Å²) in [4.78, 5) is 74.8. The molecule has 0 saturated carbocycles. The van der Waals surface area contributed by atoms with Gasteiger partial charge in [-0.3, -0.25) is 28.8 Å². The lowest BCUT2D eigenvalue weighted by Crippen LogP contribution is -2.58. The Morgan fingerprint density at radius 3 is 1.97 bits per heavy atom. The van der Waals surface area contributed by atoms with E-state index >= 15 is 0 Å². The van der Waals surface area contributed by atoms with Gasteiger partial charge in [-0.15, -0.1) is 0 Å². The van der Waals surface area contributed by atoms with Crippen LogP contribution in [-0.4, -0.2) is 95.7 Å². The molecule has 0 aromatic rings. The molecule has 1 saturated heterocycles. The zero-order chi connectivity index (χ0) is 26.0. The Kier molecular flexibility index (Phi) is 12.2. The lowest BCUT2D eigenvalue weighted by Gasteiger charge is -2.29. The first-order valence-electron chi connectivity index (χ1n) is 10.9. The molecule has 6 amide bonds.